The number of rotatable bonds is 2. The van der Waals surface area contributed by atoms with Crippen molar-refractivity contribution >= 4 is 5.90 Å². The second kappa shape index (κ2) is 3.91. The Morgan fingerprint density at radius 1 is 1.56 bits per heavy atom. The lowest BCUT2D eigenvalue weighted by Gasteiger charge is -2.24. The molecule has 0 amide bonds. The van der Waals surface area contributed by atoms with Gasteiger partial charge in [-0.25, -0.2) is 0 Å². The predicted octanol–water partition coefficient (Wildman–Crippen LogP) is 2.14. The summed E-state index contributed by atoms with van der Waals surface area (Å²) < 4.78 is 5.15. The summed E-state index contributed by atoms with van der Waals surface area (Å²) in [5, 5.41) is 18.3. The Bertz CT molecular complexity index is 428. The molecule has 3 heteroatoms. The van der Waals surface area contributed by atoms with Crippen LogP contribution in [0, 0.1) is 12.3 Å². The van der Waals surface area contributed by atoms with E-state index in [0.717, 1.165) is 17.5 Å². The second-order valence-corrected chi connectivity index (χ2v) is 4.28. The van der Waals surface area contributed by atoms with E-state index in [1.807, 2.05) is 26.0 Å². The maximum absolute atomic E-state index is 10.5. The van der Waals surface area contributed by atoms with E-state index < -0.39 is 5.60 Å². The number of ether oxygens (including phenoxy) is 1. The van der Waals surface area contributed by atoms with Crippen molar-refractivity contribution in [3.8, 4) is 0 Å². The Hall–Kier alpha value is -1.35. The first-order chi connectivity index (χ1) is 7.58. The van der Waals surface area contributed by atoms with E-state index >= 15 is 0 Å². The van der Waals surface area contributed by atoms with Crippen molar-refractivity contribution in [1.29, 1.82) is 5.41 Å². The summed E-state index contributed by atoms with van der Waals surface area (Å²) in [4.78, 5) is 0. The molecule has 0 spiro atoms. The minimum absolute atomic E-state index is 0.0300. The van der Waals surface area contributed by atoms with E-state index in [-0.39, 0.29) is 5.90 Å². The zero-order valence-corrected chi connectivity index (χ0v) is 9.71. The summed E-state index contributed by atoms with van der Waals surface area (Å²) in [6, 6.07) is 5.95. The predicted molar refractivity (Wildman–Crippen MR) is 62.7 cm³/mol. The Labute approximate surface area is 95.6 Å². The molecule has 16 heavy (non-hydrogen) atoms. The van der Waals surface area contributed by atoms with E-state index in [9.17, 15) is 5.11 Å². The van der Waals surface area contributed by atoms with E-state index in [1.54, 1.807) is 0 Å². The molecule has 1 aliphatic rings. The largest absolute Gasteiger partial charge is 0.479 e. The number of fused-ring (bicyclic) bond motifs is 1. The molecule has 86 valence electrons. The first kappa shape index (κ1) is 11.1. The summed E-state index contributed by atoms with van der Waals surface area (Å²) >= 11 is 0. The van der Waals surface area contributed by atoms with Crippen molar-refractivity contribution in [1.82, 2.24) is 0 Å². The summed E-state index contributed by atoms with van der Waals surface area (Å²) in [5.41, 5.74) is 1.94. The van der Waals surface area contributed by atoms with Crippen LogP contribution in [0.3, 0.4) is 0 Å². The van der Waals surface area contributed by atoms with E-state index in [2.05, 4.69) is 6.07 Å². The van der Waals surface area contributed by atoms with Gasteiger partial charge in [-0.2, -0.15) is 0 Å². The Kier molecular flexibility index (Phi) is 2.72. The number of aryl methyl sites for hydroxylation is 2. The second-order valence-electron chi connectivity index (χ2n) is 4.28. The SMILES string of the molecule is CCOC(=N)C1(O)CCc2cc(C)ccc21. The van der Waals surface area contributed by atoms with Crippen LogP contribution >= 0.6 is 0 Å². The molecule has 3 nitrogen and oxygen atoms in total. The van der Waals surface area contributed by atoms with Crippen LogP contribution in [0.4, 0.5) is 0 Å². The quantitative estimate of drug-likeness (QED) is 0.591. The Balaban J connectivity index is 2.38. The molecule has 1 atom stereocenters. The van der Waals surface area contributed by atoms with Crippen molar-refractivity contribution in [2.75, 3.05) is 6.61 Å². The van der Waals surface area contributed by atoms with Gasteiger partial charge in [0.2, 0.25) is 5.90 Å². The van der Waals surface area contributed by atoms with Crippen molar-refractivity contribution in [2.45, 2.75) is 32.3 Å². The van der Waals surface area contributed by atoms with E-state index in [4.69, 9.17) is 10.1 Å². The van der Waals surface area contributed by atoms with Crippen molar-refractivity contribution in [2.24, 2.45) is 0 Å². The highest BCUT2D eigenvalue weighted by atomic mass is 16.5. The van der Waals surface area contributed by atoms with Gasteiger partial charge in [-0.3, -0.25) is 5.41 Å². The average molecular weight is 219 g/mol. The number of benzene rings is 1. The minimum Gasteiger partial charge on any atom is -0.479 e. The van der Waals surface area contributed by atoms with Crippen LogP contribution < -0.4 is 0 Å². The lowest BCUT2D eigenvalue weighted by molar-refractivity contribution is 0.0782. The molecule has 0 saturated carbocycles. The maximum Gasteiger partial charge on any atom is 0.218 e. The fourth-order valence-corrected chi connectivity index (χ4v) is 2.28. The molecular weight excluding hydrogens is 202 g/mol. The molecule has 2 rings (SSSR count). The Morgan fingerprint density at radius 2 is 2.31 bits per heavy atom. The minimum atomic E-state index is -1.21. The van der Waals surface area contributed by atoms with Gasteiger partial charge in [0.05, 0.1) is 6.61 Å². The molecule has 2 N–H and O–H groups in total. The van der Waals surface area contributed by atoms with Crippen LogP contribution in [0.25, 0.3) is 0 Å². The molecule has 0 aliphatic heterocycles. The Morgan fingerprint density at radius 3 is 3.00 bits per heavy atom. The first-order valence-corrected chi connectivity index (χ1v) is 5.62. The van der Waals surface area contributed by atoms with Gasteiger partial charge in [0.1, 0.15) is 0 Å². The molecule has 0 aromatic heterocycles. The van der Waals surface area contributed by atoms with Crippen LogP contribution in [0.15, 0.2) is 18.2 Å². The van der Waals surface area contributed by atoms with Crippen molar-refractivity contribution in [3.05, 3.63) is 34.9 Å². The summed E-state index contributed by atoms with van der Waals surface area (Å²) in [5.74, 6) is -0.0300. The summed E-state index contributed by atoms with van der Waals surface area (Å²) in [6.07, 6.45) is 1.35. The third-order valence-electron chi connectivity index (χ3n) is 3.13. The number of nitrogens with one attached hydrogen (secondary N) is 1. The third-order valence-corrected chi connectivity index (χ3v) is 3.13. The molecule has 0 fully saturated rings. The highest BCUT2D eigenvalue weighted by Gasteiger charge is 2.42. The number of aliphatic hydroxyl groups is 1. The number of hydrogen-bond donors (Lipinski definition) is 2. The number of hydrogen-bond acceptors (Lipinski definition) is 3. The van der Waals surface area contributed by atoms with Crippen LogP contribution in [0.5, 0.6) is 0 Å². The van der Waals surface area contributed by atoms with Crippen molar-refractivity contribution < 1.29 is 9.84 Å². The third kappa shape index (κ3) is 1.61. The molecule has 1 aromatic rings. The molecule has 0 heterocycles. The molecule has 1 aromatic carbocycles. The molecule has 0 saturated heterocycles. The highest BCUT2D eigenvalue weighted by molar-refractivity contribution is 5.85. The van der Waals surface area contributed by atoms with Crippen LogP contribution in [-0.2, 0) is 16.8 Å². The summed E-state index contributed by atoms with van der Waals surface area (Å²) in [6.45, 7) is 4.27. The fourth-order valence-electron chi connectivity index (χ4n) is 2.28. The van der Waals surface area contributed by atoms with Gasteiger partial charge in [0, 0.05) is 0 Å². The van der Waals surface area contributed by atoms with E-state index in [1.165, 1.54) is 5.56 Å². The molecule has 0 bridgehead atoms. The monoisotopic (exact) mass is 219 g/mol. The van der Waals surface area contributed by atoms with Crippen LogP contribution in [0.1, 0.15) is 30.0 Å². The normalized spacial score (nSPS) is 22.9. The summed E-state index contributed by atoms with van der Waals surface area (Å²) in [7, 11) is 0. The first-order valence-electron chi connectivity index (χ1n) is 5.62. The van der Waals surface area contributed by atoms with E-state index in [0.29, 0.717) is 13.0 Å². The van der Waals surface area contributed by atoms with Crippen molar-refractivity contribution in [3.63, 3.8) is 0 Å². The zero-order valence-electron chi connectivity index (χ0n) is 9.71. The lowest BCUT2D eigenvalue weighted by atomic mass is 9.95. The molecular formula is C13H17NO2. The van der Waals surface area contributed by atoms with Gasteiger partial charge in [0.15, 0.2) is 5.60 Å². The van der Waals surface area contributed by atoms with Crippen LogP contribution in [-0.4, -0.2) is 17.6 Å². The molecule has 1 unspecified atom stereocenters. The standard InChI is InChI=1S/C13H17NO2/c1-3-16-12(14)13(15)7-6-10-8-9(2)4-5-11(10)13/h4-5,8,14-15H,3,6-7H2,1-2H3. The van der Waals surface area contributed by atoms with Gasteiger partial charge in [-0.05, 0) is 37.8 Å². The van der Waals surface area contributed by atoms with Gasteiger partial charge in [-0.1, -0.05) is 23.8 Å². The van der Waals surface area contributed by atoms with Gasteiger partial charge < -0.3 is 9.84 Å². The smallest absolute Gasteiger partial charge is 0.218 e. The van der Waals surface area contributed by atoms with Gasteiger partial charge >= 0.3 is 0 Å². The van der Waals surface area contributed by atoms with Gasteiger partial charge in [0.25, 0.3) is 0 Å². The molecule has 0 radical (unpaired) electrons. The van der Waals surface area contributed by atoms with Crippen LogP contribution in [0.2, 0.25) is 0 Å². The molecule has 1 aliphatic carbocycles. The lowest BCUT2D eigenvalue weighted by Crippen LogP contribution is -2.34. The maximum atomic E-state index is 10.5. The highest BCUT2D eigenvalue weighted by Crippen LogP contribution is 2.38. The topological polar surface area (TPSA) is 53.3 Å². The average Bonchev–Trinajstić information content (AvgIpc) is 2.58. The van der Waals surface area contributed by atoms with Gasteiger partial charge in [-0.15, -0.1) is 0 Å². The fraction of sp³-hybridized carbons (Fsp3) is 0.462. The zero-order chi connectivity index (χ0) is 11.8.